The average Bonchev–Trinajstić information content (AvgIpc) is 2.85. The molecule has 0 aliphatic rings. The fraction of sp³-hybridized carbons (Fsp3) is 0.273. The third-order valence-corrected chi connectivity index (χ3v) is 4.38. The summed E-state index contributed by atoms with van der Waals surface area (Å²) in [6.45, 7) is 3.51. The molecule has 2 rings (SSSR count). The van der Waals surface area contributed by atoms with Crippen LogP contribution in [0.5, 0.6) is 0 Å². The highest BCUT2D eigenvalue weighted by Crippen LogP contribution is 2.25. The smallest absolute Gasteiger partial charge is 0.243 e. The lowest BCUT2D eigenvalue weighted by Crippen LogP contribution is -2.25. The number of H-pyrrole nitrogens is 1. The van der Waals surface area contributed by atoms with Gasteiger partial charge in [-0.1, -0.05) is 12.1 Å². The highest BCUT2D eigenvalue weighted by atomic mass is 32.2. The Kier molecular flexibility index (Phi) is 3.54. The molecule has 0 spiro atoms. The minimum Gasteiger partial charge on any atom is -0.397 e. The Morgan fingerprint density at radius 1 is 1.32 bits per heavy atom. The number of aryl methyl sites for hydroxylation is 2. The number of nitrogen functional groups attached to an aromatic ring is 1. The summed E-state index contributed by atoms with van der Waals surface area (Å²) in [5.74, 6) is 0.437. The number of nitrogens with zero attached hydrogens (tertiary/aromatic N) is 2. The van der Waals surface area contributed by atoms with Gasteiger partial charge in [0.15, 0.2) is 0 Å². The lowest BCUT2D eigenvalue weighted by Gasteiger charge is -2.12. The second-order valence-electron chi connectivity index (χ2n) is 4.20. The van der Waals surface area contributed by atoms with E-state index in [1.807, 2.05) is 0 Å². The number of aromatic nitrogens is 3. The van der Waals surface area contributed by atoms with Crippen molar-refractivity contribution in [3.63, 3.8) is 0 Å². The number of rotatable bonds is 4. The number of nitrogens with one attached hydrogen (secondary N) is 2. The van der Waals surface area contributed by atoms with Crippen LogP contribution in [-0.2, 0) is 16.6 Å². The molecule has 0 saturated heterocycles. The van der Waals surface area contributed by atoms with Crippen molar-refractivity contribution in [2.45, 2.75) is 25.3 Å². The zero-order valence-electron chi connectivity index (χ0n) is 10.6. The second-order valence-corrected chi connectivity index (χ2v) is 5.90. The quantitative estimate of drug-likeness (QED) is 0.705. The molecule has 19 heavy (non-hydrogen) atoms. The highest BCUT2D eigenvalue weighted by molar-refractivity contribution is 7.89. The summed E-state index contributed by atoms with van der Waals surface area (Å²) in [5, 5.41) is 6.23. The maximum atomic E-state index is 12.3. The first-order valence-electron chi connectivity index (χ1n) is 5.61. The van der Waals surface area contributed by atoms with E-state index in [1.54, 1.807) is 26.0 Å². The van der Waals surface area contributed by atoms with Gasteiger partial charge in [-0.2, -0.15) is 5.10 Å². The summed E-state index contributed by atoms with van der Waals surface area (Å²) >= 11 is 0. The fourth-order valence-corrected chi connectivity index (χ4v) is 3.13. The molecule has 0 atom stereocenters. The van der Waals surface area contributed by atoms with Gasteiger partial charge >= 0.3 is 0 Å². The molecule has 7 nitrogen and oxygen atoms in total. The largest absolute Gasteiger partial charge is 0.397 e. The molecule has 102 valence electrons. The highest BCUT2D eigenvalue weighted by Gasteiger charge is 2.21. The number of sulfonamides is 1. The van der Waals surface area contributed by atoms with E-state index in [0.29, 0.717) is 11.4 Å². The van der Waals surface area contributed by atoms with E-state index < -0.39 is 10.0 Å². The van der Waals surface area contributed by atoms with Crippen LogP contribution in [0.3, 0.4) is 0 Å². The lowest BCUT2D eigenvalue weighted by atomic mass is 10.1. The number of anilines is 1. The first kappa shape index (κ1) is 13.5. The van der Waals surface area contributed by atoms with E-state index in [0.717, 1.165) is 5.56 Å². The molecule has 0 saturated carbocycles. The molecule has 0 bridgehead atoms. The van der Waals surface area contributed by atoms with Crippen molar-refractivity contribution in [3.05, 3.63) is 35.4 Å². The van der Waals surface area contributed by atoms with Crippen molar-refractivity contribution >= 4 is 15.7 Å². The molecule has 8 heteroatoms. The molecule has 0 aliphatic carbocycles. The number of aromatic amines is 1. The van der Waals surface area contributed by atoms with Gasteiger partial charge in [0.25, 0.3) is 0 Å². The minimum atomic E-state index is -3.68. The molecule has 0 radical (unpaired) electrons. The molecular formula is C11H15N5O2S. The molecule has 0 fully saturated rings. The van der Waals surface area contributed by atoms with Gasteiger partial charge in [0.1, 0.15) is 17.0 Å². The predicted molar refractivity (Wildman–Crippen MR) is 70.7 cm³/mol. The summed E-state index contributed by atoms with van der Waals surface area (Å²) in [4.78, 5) is 3.97. The number of hydrogen-bond acceptors (Lipinski definition) is 5. The molecule has 1 aromatic carbocycles. The van der Waals surface area contributed by atoms with Crippen LogP contribution >= 0.6 is 0 Å². The second kappa shape index (κ2) is 4.98. The van der Waals surface area contributed by atoms with Crippen molar-refractivity contribution in [1.82, 2.24) is 19.9 Å². The number of benzene rings is 1. The van der Waals surface area contributed by atoms with Crippen LogP contribution in [0, 0.1) is 13.8 Å². The van der Waals surface area contributed by atoms with E-state index in [2.05, 4.69) is 19.9 Å². The normalized spacial score (nSPS) is 11.7. The van der Waals surface area contributed by atoms with Crippen molar-refractivity contribution < 1.29 is 8.42 Å². The van der Waals surface area contributed by atoms with Crippen molar-refractivity contribution in [3.8, 4) is 0 Å². The first-order valence-corrected chi connectivity index (χ1v) is 7.09. The summed E-state index contributed by atoms with van der Waals surface area (Å²) in [6.07, 6.45) is 1.32. The van der Waals surface area contributed by atoms with Crippen molar-refractivity contribution in [2.75, 3.05) is 5.73 Å². The summed E-state index contributed by atoms with van der Waals surface area (Å²) < 4.78 is 27.0. The van der Waals surface area contributed by atoms with Crippen LogP contribution in [0.4, 0.5) is 5.69 Å². The third-order valence-electron chi connectivity index (χ3n) is 2.77. The van der Waals surface area contributed by atoms with E-state index in [1.165, 1.54) is 6.33 Å². The van der Waals surface area contributed by atoms with Gasteiger partial charge < -0.3 is 5.73 Å². The number of nitrogens with two attached hydrogens (primary N) is 1. The van der Waals surface area contributed by atoms with E-state index >= 15 is 0 Å². The Labute approximate surface area is 111 Å². The summed E-state index contributed by atoms with van der Waals surface area (Å²) in [6, 6.07) is 3.52. The molecular weight excluding hydrogens is 266 g/mol. The van der Waals surface area contributed by atoms with Gasteiger partial charge in [-0.25, -0.2) is 18.1 Å². The van der Waals surface area contributed by atoms with Crippen LogP contribution in [0.1, 0.15) is 17.0 Å². The fourth-order valence-electron chi connectivity index (χ4n) is 1.72. The maximum Gasteiger partial charge on any atom is 0.243 e. The van der Waals surface area contributed by atoms with Gasteiger partial charge in [0, 0.05) is 0 Å². The summed E-state index contributed by atoms with van der Waals surface area (Å²) in [7, 11) is -3.68. The number of hydrogen-bond donors (Lipinski definition) is 3. The minimum absolute atomic E-state index is 0.0369. The van der Waals surface area contributed by atoms with Crippen LogP contribution < -0.4 is 10.5 Å². The molecule has 1 aromatic heterocycles. The zero-order valence-corrected chi connectivity index (χ0v) is 11.5. The van der Waals surface area contributed by atoms with Crippen LogP contribution in [0.15, 0.2) is 23.4 Å². The van der Waals surface area contributed by atoms with Crippen molar-refractivity contribution in [2.24, 2.45) is 0 Å². The summed E-state index contributed by atoms with van der Waals surface area (Å²) in [5.41, 5.74) is 7.46. The standard InChI is InChI=1S/C11H15N5O2S/c1-7-3-4-8(2)11(10(7)12)19(17,18)15-5-9-13-6-14-16-9/h3-4,6,15H,5,12H2,1-2H3,(H,13,14,16). The molecule has 0 amide bonds. The van der Waals surface area contributed by atoms with Crippen molar-refractivity contribution in [1.29, 1.82) is 0 Å². The molecule has 2 aromatic rings. The van der Waals surface area contributed by atoms with E-state index in [-0.39, 0.29) is 17.1 Å². The van der Waals surface area contributed by atoms with Gasteiger partial charge in [0.05, 0.1) is 12.2 Å². The van der Waals surface area contributed by atoms with E-state index in [4.69, 9.17) is 5.73 Å². The van der Waals surface area contributed by atoms with Crippen LogP contribution in [0.25, 0.3) is 0 Å². The molecule has 4 N–H and O–H groups in total. The van der Waals surface area contributed by atoms with Gasteiger partial charge in [-0.15, -0.1) is 0 Å². The average molecular weight is 281 g/mol. The molecule has 1 heterocycles. The van der Waals surface area contributed by atoms with Gasteiger partial charge in [-0.05, 0) is 25.0 Å². The Morgan fingerprint density at radius 3 is 2.63 bits per heavy atom. The Hall–Kier alpha value is -1.93. The molecule has 0 aliphatic heterocycles. The Balaban J connectivity index is 2.32. The Morgan fingerprint density at radius 2 is 2.00 bits per heavy atom. The zero-order chi connectivity index (χ0) is 14.0. The molecule has 0 unspecified atom stereocenters. The van der Waals surface area contributed by atoms with Crippen LogP contribution in [-0.4, -0.2) is 23.6 Å². The topological polar surface area (TPSA) is 114 Å². The Bertz CT molecular complexity index is 679. The first-order chi connectivity index (χ1) is 8.92. The lowest BCUT2D eigenvalue weighted by molar-refractivity contribution is 0.579. The van der Waals surface area contributed by atoms with Gasteiger partial charge in [-0.3, -0.25) is 5.10 Å². The predicted octanol–water partition coefficient (Wildman–Crippen LogP) is 0.482. The maximum absolute atomic E-state index is 12.3. The van der Waals surface area contributed by atoms with Gasteiger partial charge in [0.2, 0.25) is 10.0 Å². The monoisotopic (exact) mass is 281 g/mol. The van der Waals surface area contributed by atoms with Crippen LogP contribution in [0.2, 0.25) is 0 Å². The van der Waals surface area contributed by atoms with E-state index in [9.17, 15) is 8.42 Å². The third kappa shape index (κ3) is 2.74. The SMILES string of the molecule is Cc1ccc(C)c(S(=O)(=O)NCc2ncn[nH]2)c1N.